The quantitative estimate of drug-likeness (QED) is 0.644. The fourth-order valence-corrected chi connectivity index (χ4v) is 3.66. The van der Waals surface area contributed by atoms with Crippen LogP contribution in [0.25, 0.3) is 0 Å². The highest BCUT2D eigenvalue weighted by atomic mass is 35.5. The Morgan fingerprint density at radius 2 is 2.00 bits per heavy atom. The molecule has 1 aliphatic rings. The summed E-state index contributed by atoms with van der Waals surface area (Å²) < 4.78 is 12.6. The lowest BCUT2D eigenvalue weighted by atomic mass is 9.94. The van der Waals surface area contributed by atoms with Crippen LogP contribution in [-0.4, -0.2) is 34.9 Å². The van der Waals surface area contributed by atoms with Crippen molar-refractivity contribution in [3.63, 3.8) is 0 Å². The molecule has 0 radical (unpaired) electrons. The van der Waals surface area contributed by atoms with Gasteiger partial charge in [-0.3, -0.25) is 4.79 Å². The van der Waals surface area contributed by atoms with Crippen LogP contribution in [0.3, 0.4) is 0 Å². The van der Waals surface area contributed by atoms with Crippen molar-refractivity contribution in [3.8, 4) is 11.5 Å². The number of nitrogens with zero attached hydrogens (tertiary/aromatic N) is 3. The number of para-hydroxylation sites is 1. The van der Waals surface area contributed by atoms with E-state index in [0.717, 1.165) is 0 Å². The maximum atomic E-state index is 13.4. The molecule has 30 heavy (non-hydrogen) atoms. The van der Waals surface area contributed by atoms with Gasteiger partial charge in [-0.05, 0) is 37.3 Å². The molecule has 0 saturated heterocycles. The Labute approximate surface area is 178 Å². The van der Waals surface area contributed by atoms with Crippen molar-refractivity contribution >= 4 is 29.1 Å². The number of hydrogen-bond acceptors (Lipinski definition) is 6. The fourth-order valence-electron chi connectivity index (χ4n) is 3.48. The summed E-state index contributed by atoms with van der Waals surface area (Å²) >= 11 is 6.24. The molecule has 0 aliphatic carbocycles. The topological polar surface area (TPSA) is 90.3 Å². The van der Waals surface area contributed by atoms with Crippen LogP contribution in [0.15, 0.2) is 60.1 Å². The molecular weight excluding hydrogens is 406 g/mol. The molecule has 4 rings (SSSR count). The molecule has 154 valence electrons. The van der Waals surface area contributed by atoms with Gasteiger partial charge in [-0.1, -0.05) is 23.7 Å². The molecule has 1 aromatic heterocycles. The monoisotopic (exact) mass is 425 g/mol. The Kier molecular flexibility index (Phi) is 5.33. The van der Waals surface area contributed by atoms with Crippen molar-refractivity contribution < 1.29 is 14.3 Å². The van der Waals surface area contributed by atoms with Gasteiger partial charge in [0.05, 0.1) is 30.5 Å². The Morgan fingerprint density at radius 1 is 1.20 bits per heavy atom. The van der Waals surface area contributed by atoms with Crippen LogP contribution in [0.1, 0.15) is 18.5 Å². The van der Waals surface area contributed by atoms with Gasteiger partial charge in [-0.2, -0.15) is 10.1 Å². The molecule has 8 nitrogen and oxygen atoms in total. The highest BCUT2D eigenvalue weighted by molar-refractivity contribution is 6.33. The average Bonchev–Trinajstić information content (AvgIpc) is 3.21. The summed E-state index contributed by atoms with van der Waals surface area (Å²) in [6.45, 7) is 1.82. The zero-order valence-corrected chi connectivity index (χ0v) is 17.4. The molecule has 3 aromatic rings. The Bertz CT molecular complexity index is 1140. The maximum Gasteiger partial charge on any atom is 0.255 e. The molecule has 0 bridgehead atoms. The predicted molar refractivity (Wildman–Crippen MR) is 114 cm³/mol. The molecule has 0 spiro atoms. The number of rotatable bonds is 5. The second-order valence-corrected chi connectivity index (χ2v) is 7.04. The number of fused-ring (bicyclic) bond motifs is 1. The third kappa shape index (κ3) is 3.46. The molecule has 1 amide bonds. The van der Waals surface area contributed by atoms with Crippen LogP contribution >= 0.6 is 11.6 Å². The number of nitrogens with one attached hydrogen (secondary N) is 2. The van der Waals surface area contributed by atoms with Crippen molar-refractivity contribution in [2.75, 3.05) is 24.9 Å². The summed E-state index contributed by atoms with van der Waals surface area (Å²) in [7, 11) is 3.16. The largest absolute Gasteiger partial charge is 0.497 e. The number of carbonyl (C=O) groups is 1. The van der Waals surface area contributed by atoms with Gasteiger partial charge in [0.15, 0.2) is 0 Å². The molecular formula is C21H20ClN5O3. The van der Waals surface area contributed by atoms with E-state index in [1.165, 1.54) is 6.33 Å². The van der Waals surface area contributed by atoms with E-state index in [1.807, 2.05) is 13.0 Å². The zero-order chi connectivity index (χ0) is 21.3. The van der Waals surface area contributed by atoms with Crippen LogP contribution in [0.2, 0.25) is 5.02 Å². The van der Waals surface area contributed by atoms with Gasteiger partial charge in [-0.25, -0.2) is 4.68 Å². The second-order valence-electron chi connectivity index (χ2n) is 6.64. The lowest BCUT2D eigenvalue weighted by molar-refractivity contribution is -0.113. The average molecular weight is 426 g/mol. The lowest BCUT2D eigenvalue weighted by Crippen LogP contribution is -2.31. The molecule has 2 aromatic carbocycles. The first-order chi connectivity index (χ1) is 14.5. The van der Waals surface area contributed by atoms with Crippen LogP contribution < -0.4 is 20.1 Å². The fraction of sp³-hybridized carbons (Fsp3) is 0.190. The van der Waals surface area contributed by atoms with Crippen LogP contribution in [0, 0.1) is 0 Å². The van der Waals surface area contributed by atoms with Crippen molar-refractivity contribution in [3.05, 3.63) is 70.6 Å². The first-order valence-corrected chi connectivity index (χ1v) is 9.56. The number of allylic oxidation sites excluding steroid dienone is 1. The van der Waals surface area contributed by atoms with E-state index >= 15 is 0 Å². The Balaban J connectivity index is 1.84. The van der Waals surface area contributed by atoms with E-state index in [4.69, 9.17) is 21.1 Å². The third-order valence-corrected chi connectivity index (χ3v) is 5.22. The van der Waals surface area contributed by atoms with E-state index in [0.29, 0.717) is 45.0 Å². The van der Waals surface area contributed by atoms with E-state index in [9.17, 15) is 4.79 Å². The van der Waals surface area contributed by atoms with Crippen molar-refractivity contribution in [1.82, 2.24) is 14.8 Å². The normalized spacial score (nSPS) is 15.3. The molecule has 0 fully saturated rings. The van der Waals surface area contributed by atoms with Crippen molar-refractivity contribution in [1.29, 1.82) is 0 Å². The minimum Gasteiger partial charge on any atom is -0.497 e. The summed E-state index contributed by atoms with van der Waals surface area (Å²) in [5.41, 5.74) is 2.34. The van der Waals surface area contributed by atoms with Gasteiger partial charge in [0.1, 0.15) is 23.9 Å². The summed E-state index contributed by atoms with van der Waals surface area (Å²) in [6, 6.07) is 11.9. The minimum absolute atomic E-state index is 0.316. The lowest BCUT2D eigenvalue weighted by Gasteiger charge is -2.29. The summed E-state index contributed by atoms with van der Waals surface area (Å²) in [5, 5.41) is 10.8. The van der Waals surface area contributed by atoms with Gasteiger partial charge < -0.3 is 20.1 Å². The summed E-state index contributed by atoms with van der Waals surface area (Å²) in [4.78, 5) is 17.7. The molecule has 9 heteroatoms. The standard InChI is InChI=1S/C21H20ClN5O3/c1-12-18(20(28)26-16-7-5-4-6-15(16)22)19(27-21(25-12)23-11-24-27)14-10-13(29-2)8-9-17(14)30-3/h4-11,19H,1-3H3,(H,26,28)(H,23,24,25). The highest BCUT2D eigenvalue weighted by Gasteiger charge is 2.35. The summed E-state index contributed by atoms with van der Waals surface area (Å²) in [6.07, 6.45) is 1.43. The van der Waals surface area contributed by atoms with Gasteiger partial charge in [-0.15, -0.1) is 0 Å². The van der Waals surface area contributed by atoms with Gasteiger partial charge in [0, 0.05) is 11.3 Å². The molecule has 0 saturated carbocycles. The number of benzene rings is 2. The number of amides is 1. The predicted octanol–water partition coefficient (Wildman–Crippen LogP) is 3.88. The Morgan fingerprint density at radius 3 is 2.73 bits per heavy atom. The molecule has 1 unspecified atom stereocenters. The van der Waals surface area contributed by atoms with Crippen molar-refractivity contribution in [2.45, 2.75) is 13.0 Å². The smallest absolute Gasteiger partial charge is 0.255 e. The SMILES string of the molecule is COc1ccc(OC)c(C2C(C(=O)Nc3ccccc3Cl)=C(C)Nc3ncnn32)c1. The second kappa shape index (κ2) is 8.08. The highest BCUT2D eigenvalue weighted by Crippen LogP contribution is 2.40. The number of methoxy groups -OCH3 is 2. The number of hydrogen-bond donors (Lipinski definition) is 2. The summed E-state index contributed by atoms with van der Waals surface area (Å²) in [5.74, 6) is 1.44. The van der Waals surface area contributed by atoms with Gasteiger partial charge in [0.25, 0.3) is 5.91 Å². The van der Waals surface area contributed by atoms with Crippen LogP contribution in [0.4, 0.5) is 11.6 Å². The number of anilines is 2. The van der Waals surface area contributed by atoms with Crippen molar-refractivity contribution in [2.24, 2.45) is 0 Å². The maximum absolute atomic E-state index is 13.4. The zero-order valence-electron chi connectivity index (χ0n) is 16.6. The molecule has 2 N–H and O–H groups in total. The number of ether oxygens (including phenoxy) is 2. The molecule has 2 heterocycles. The van der Waals surface area contributed by atoms with Gasteiger partial charge in [0.2, 0.25) is 5.95 Å². The molecule has 1 atom stereocenters. The number of aromatic nitrogens is 3. The van der Waals surface area contributed by atoms with Crippen LogP contribution in [-0.2, 0) is 4.79 Å². The van der Waals surface area contributed by atoms with E-state index in [1.54, 1.807) is 55.3 Å². The first kappa shape index (κ1) is 19.8. The minimum atomic E-state index is -0.587. The van der Waals surface area contributed by atoms with E-state index in [-0.39, 0.29) is 5.91 Å². The third-order valence-electron chi connectivity index (χ3n) is 4.89. The number of carbonyl (C=O) groups excluding carboxylic acids is 1. The Hall–Kier alpha value is -3.52. The van der Waals surface area contributed by atoms with Gasteiger partial charge >= 0.3 is 0 Å². The first-order valence-electron chi connectivity index (χ1n) is 9.18. The molecule has 1 aliphatic heterocycles. The van der Waals surface area contributed by atoms with E-state index in [2.05, 4.69) is 20.7 Å². The van der Waals surface area contributed by atoms with E-state index < -0.39 is 6.04 Å². The van der Waals surface area contributed by atoms with Crippen LogP contribution in [0.5, 0.6) is 11.5 Å². The number of halogens is 1.